The van der Waals surface area contributed by atoms with Crippen molar-refractivity contribution in [2.75, 3.05) is 59.0 Å². The Labute approximate surface area is 137 Å². The van der Waals surface area contributed by atoms with Crippen LogP contribution in [-0.4, -0.2) is 70.2 Å². The summed E-state index contributed by atoms with van der Waals surface area (Å²) in [6.45, 7) is 6.46. The largest absolute Gasteiger partial charge is 0.385 e. The summed E-state index contributed by atoms with van der Waals surface area (Å²) in [5.74, 6) is 0. The van der Waals surface area contributed by atoms with Crippen LogP contribution in [0.2, 0.25) is 0 Å². The first-order valence-corrected chi connectivity index (χ1v) is 7.60. The zero-order valence-corrected chi connectivity index (χ0v) is 14.3. The smallest absolute Gasteiger partial charge is 0.317 e. The molecule has 0 aromatic heterocycles. The van der Waals surface area contributed by atoms with Crippen molar-refractivity contribution in [2.24, 2.45) is 0 Å². The van der Waals surface area contributed by atoms with Crippen LogP contribution < -0.4 is 4.90 Å². The number of hydrogen-bond donors (Lipinski definition) is 0. The lowest BCUT2D eigenvalue weighted by atomic mass is 10.1. The molecule has 0 spiro atoms. The first-order chi connectivity index (χ1) is 11.1. The average molecular weight is 324 g/mol. The lowest BCUT2D eigenvalue weighted by Gasteiger charge is -2.34. The molecule has 0 atom stereocenters. The predicted molar refractivity (Wildman–Crippen MR) is 89.4 cm³/mol. The van der Waals surface area contributed by atoms with Crippen molar-refractivity contribution in [1.29, 1.82) is 0 Å². The molecule has 1 fully saturated rings. The van der Waals surface area contributed by atoms with E-state index >= 15 is 0 Å². The quantitative estimate of drug-likeness (QED) is 0.609. The molecule has 23 heavy (non-hydrogen) atoms. The molecule has 7 heteroatoms. The van der Waals surface area contributed by atoms with Gasteiger partial charge in [-0.2, -0.15) is 0 Å². The zero-order valence-electron chi connectivity index (χ0n) is 14.3. The van der Waals surface area contributed by atoms with Gasteiger partial charge in [-0.15, -0.1) is 0 Å². The predicted octanol–water partition coefficient (Wildman–Crippen LogP) is 1.88. The fourth-order valence-corrected chi connectivity index (χ4v) is 2.19. The maximum atomic E-state index is 11.4. The number of rotatable bonds is 5. The van der Waals surface area contributed by atoms with Crippen molar-refractivity contribution in [3.05, 3.63) is 28.7 Å². The minimum absolute atomic E-state index is 0.322. The number of aldehydes is 1. The third kappa shape index (κ3) is 5.61. The van der Waals surface area contributed by atoms with E-state index in [1.165, 1.54) is 7.11 Å². The summed E-state index contributed by atoms with van der Waals surface area (Å²) >= 11 is 0. The first kappa shape index (κ1) is 19.1. The van der Waals surface area contributed by atoms with Crippen molar-refractivity contribution >= 4 is 17.7 Å². The second-order valence-electron chi connectivity index (χ2n) is 5.17. The Balaban J connectivity index is 0.000000593. The molecule has 0 N–H and O–H groups in total. The van der Waals surface area contributed by atoms with E-state index in [1.54, 1.807) is 25.3 Å². The minimum atomic E-state index is 0.322. The lowest BCUT2D eigenvalue weighted by molar-refractivity contribution is -0.736. The van der Waals surface area contributed by atoms with E-state index in [1.807, 2.05) is 6.92 Å². The highest BCUT2D eigenvalue weighted by Gasteiger charge is 2.21. The molecule has 0 unspecified atom stereocenters. The van der Waals surface area contributed by atoms with E-state index in [0.29, 0.717) is 16.2 Å². The number of nitrogens with zero attached hydrogens (tertiary/aromatic N) is 3. The van der Waals surface area contributed by atoms with Gasteiger partial charge in [0.25, 0.3) is 4.92 Å². The van der Waals surface area contributed by atoms with E-state index in [-0.39, 0.29) is 0 Å². The summed E-state index contributed by atoms with van der Waals surface area (Å²) in [4.78, 5) is 31.9. The van der Waals surface area contributed by atoms with Gasteiger partial charge in [-0.05, 0) is 20.0 Å². The Morgan fingerprint density at radius 2 is 1.83 bits per heavy atom. The van der Waals surface area contributed by atoms with Gasteiger partial charge in [0, 0.05) is 63.3 Å². The fourth-order valence-electron chi connectivity index (χ4n) is 2.19. The Morgan fingerprint density at radius 3 is 2.30 bits per heavy atom. The topological polar surface area (TPSA) is 62.1 Å². The van der Waals surface area contributed by atoms with Crippen LogP contribution in [0.1, 0.15) is 17.3 Å². The third-order valence-electron chi connectivity index (χ3n) is 3.65. The highest BCUT2D eigenvalue weighted by atomic mass is 16.8. The average Bonchev–Trinajstić information content (AvgIpc) is 2.61. The second-order valence-corrected chi connectivity index (χ2v) is 5.17. The van der Waals surface area contributed by atoms with Gasteiger partial charge in [-0.25, -0.2) is 4.84 Å². The highest BCUT2D eigenvalue weighted by molar-refractivity contribution is 5.86. The van der Waals surface area contributed by atoms with E-state index < -0.39 is 0 Å². The summed E-state index contributed by atoms with van der Waals surface area (Å²) in [5.41, 5.74) is 1.71. The molecule has 1 heterocycles. The highest BCUT2D eigenvalue weighted by Crippen LogP contribution is 2.25. The molecule has 0 amide bonds. The van der Waals surface area contributed by atoms with Crippen molar-refractivity contribution in [3.63, 3.8) is 0 Å². The van der Waals surface area contributed by atoms with Crippen molar-refractivity contribution in [3.8, 4) is 0 Å². The standard InChI is InChI=1S/C13H18N3O3.C3H8O/c1-14-5-7-15(8-6-14)13-4-3-12(16(18)19-2)9-11(13)10-17;1-3-4-2/h3-4,9-10H,5-8H2,1-2H3;3H2,1-2H3/q+1;. The maximum Gasteiger partial charge on any atom is 0.317 e. The number of carbonyl (C=O) groups excluding carboxylic acids is 1. The molecule has 1 saturated heterocycles. The normalized spacial score (nSPS) is 14.7. The van der Waals surface area contributed by atoms with Crippen LogP contribution in [0.4, 0.5) is 11.4 Å². The maximum absolute atomic E-state index is 11.4. The van der Waals surface area contributed by atoms with Crippen LogP contribution in [-0.2, 0) is 9.57 Å². The number of methoxy groups -OCH3 is 1. The Morgan fingerprint density at radius 1 is 1.22 bits per heavy atom. The Hall–Kier alpha value is -1.99. The van der Waals surface area contributed by atoms with Gasteiger partial charge in [0.05, 0.1) is 4.91 Å². The molecule has 2 rings (SSSR count). The monoisotopic (exact) mass is 324 g/mol. The summed E-state index contributed by atoms with van der Waals surface area (Å²) < 4.78 is 4.54. The number of benzene rings is 1. The molecule has 0 saturated carbocycles. The van der Waals surface area contributed by atoms with Crippen LogP contribution >= 0.6 is 0 Å². The molecular formula is C16H26N3O4+. The molecule has 0 radical (unpaired) electrons. The molecular weight excluding hydrogens is 298 g/mol. The van der Waals surface area contributed by atoms with Gasteiger partial charge in [-0.1, -0.05) is 0 Å². The fraction of sp³-hybridized carbons (Fsp3) is 0.562. The number of carbonyl (C=O) groups is 1. The van der Waals surface area contributed by atoms with Crippen molar-refractivity contribution in [1.82, 2.24) is 4.90 Å². The van der Waals surface area contributed by atoms with Gasteiger partial charge in [0.15, 0.2) is 13.4 Å². The summed E-state index contributed by atoms with van der Waals surface area (Å²) in [5, 5.41) is 0. The summed E-state index contributed by atoms with van der Waals surface area (Å²) in [6.07, 6.45) is 0.778. The second kappa shape index (κ2) is 9.91. The number of hydrogen-bond acceptors (Lipinski definition) is 6. The zero-order chi connectivity index (χ0) is 17.2. The first-order valence-electron chi connectivity index (χ1n) is 7.60. The Kier molecular flexibility index (Phi) is 8.21. The molecule has 1 aromatic carbocycles. The number of ether oxygens (including phenoxy) is 1. The van der Waals surface area contributed by atoms with Gasteiger partial charge in [0.2, 0.25) is 0 Å². The van der Waals surface area contributed by atoms with Crippen molar-refractivity contribution < 1.29 is 19.3 Å². The summed E-state index contributed by atoms with van der Waals surface area (Å²) in [7, 11) is 5.05. The van der Waals surface area contributed by atoms with Crippen LogP contribution in [0.15, 0.2) is 18.2 Å². The van der Waals surface area contributed by atoms with E-state index in [0.717, 1.165) is 44.8 Å². The molecule has 0 bridgehead atoms. The molecule has 1 aliphatic heterocycles. The van der Waals surface area contributed by atoms with Gasteiger partial charge in [-0.3, -0.25) is 4.79 Å². The van der Waals surface area contributed by atoms with Crippen LogP contribution in [0, 0.1) is 4.91 Å². The van der Waals surface area contributed by atoms with Gasteiger partial charge >= 0.3 is 5.69 Å². The molecule has 7 nitrogen and oxygen atoms in total. The van der Waals surface area contributed by atoms with Gasteiger partial charge in [0.1, 0.15) is 0 Å². The number of anilines is 1. The van der Waals surface area contributed by atoms with Crippen LogP contribution in [0.5, 0.6) is 0 Å². The number of likely N-dealkylation sites (N-methyl/N-ethyl adjacent to an activating group) is 1. The minimum Gasteiger partial charge on any atom is -0.385 e. The van der Waals surface area contributed by atoms with E-state index in [9.17, 15) is 9.70 Å². The lowest BCUT2D eigenvalue weighted by Crippen LogP contribution is -2.44. The van der Waals surface area contributed by atoms with Crippen LogP contribution in [0.25, 0.3) is 0 Å². The molecule has 1 aromatic rings. The summed E-state index contributed by atoms with van der Waals surface area (Å²) in [6, 6.07) is 5.02. The van der Waals surface area contributed by atoms with Gasteiger partial charge < -0.3 is 14.5 Å². The van der Waals surface area contributed by atoms with Crippen molar-refractivity contribution in [2.45, 2.75) is 6.92 Å². The molecule has 1 aliphatic rings. The van der Waals surface area contributed by atoms with E-state index in [4.69, 9.17) is 0 Å². The Bertz CT molecular complexity index is 512. The van der Waals surface area contributed by atoms with E-state index in [2.05, 4.69) is 26.4 Å². The molecule has 0 aliphatic carbocycles. The third-order valence-corrected chi connectivity index (χ3v) is 3.65. The molecule has 128 valence electrons. The SMILES string of the molecule is CCOC.CO[N+](=O)c1ccc(N2CCN(C)CC2)c(C=O)c1. The van der Waals surface area contributed by atoms with Crippen LogP contribution in [0.3, 0.4) is 0 Å². The number of piperazine rings is 1.